The molecule has 0 atom stereocenters. The van der Waals surface area contributed by atoms with Gasteiger partial charge in [0, 0.05) is 6.08 Å². The van der Waals surface area contributed by atoms with Crippen molar-refractivity contribution in [2.75, 3.05) is 7.11 Å². The minimum Gasteiger partial charge on any atom is -0.493 e. The first-order valence-corrected chi connectivity index (χ1v) is 7.07. The molecule has 0 unspecified atom stereocenters. The van der Waals surface area contributed by atoms with E-state index in [2.05, 4.69) is 4.74 Å². The molecule has 0 aliphatic carbocycles. The van der Waals surface area contributed by atoms with Gasteiger partial charge in [0.2, 0.25) is 0 Å². The lowest BCUT2D eigenvalue weighted by Crippen LogP contribution is -2.05. The van der Waals surface area contributed by atoms with Crippen LogP contribution in [-0.2, 0) is 4.79 Å². The summed E-state index contributed by atoms with van der Waals surface area (Å²) in [5.74, 6) is 0.253. The molecule has 0 bridgehead atoms. The minimum absolute atomic E-state index is 0.0501. The predicted octanol–water partition coefficient (Wildman–Crippen LogP) is 4.22. The van der Waals surface area contributed by atoms with E-state index in [0.717, 1.165) is 5.56 Å². The van der Waals surface area contributed by atoms with Gasteiger partial charge in [-0.15, -0.1) is 0 Å². The molecule has 6 heteroatoms. The normalized spacial score (nSPS) is 10.9. The number of alkyl halides is 2. The van der Waals surface area contributed by atoms with Crippen molar-refractivity contribution in [3.8, 4) is 17.2 Å². The lowest BCUT2D eigenvalue weighted by Gasteiger charge is -2.08. The van der Waals surface area contributed by atoms with Crippen LogP contribution in [-0.4, -0.2) is 19.7 Å². The van der Waals surface area contributed by atoms with E-state index in [1.54, 1.807) is 30.3 Å². The van der Waals surface area contributed by atoms with Crippen molar-refractivity contribution in [1.29, 1.82) is 0 Å². The highest BCUT2D eigenvalue weighted by Gasteiger charge is 2.08. The SMILES string of the molecule is COc1cc(C)ccc1OC(=O)/C=C/c1ccc(OC(F)F)cc1. The topological polar surface area (TPSA) is 44.8 Å². The van der Waals surface area contributed by atoms with Crippen LogP contribution in [0, 0.1) is 6.92 Å². The van der Waals surface area contributed by atoms with Gasteiger partial charge in [0.05, 0.1) is 7.11 Å². The molecule has 0 heterocycles. The number of esters is 1. The summed E-state index contributed by atoms with van der Waals surface area (Å²) < 4.78 is 38.7. The molecule has 0 radical (unpaired) electrons. The predicted molar refractivity (Wildman–Crippen MR) is 85.5 cm³/mol. The summed E-state index contributed by atoms with van der Waals surface area (Å²) in [6.45, 7) is -0.971. The smallest absolute Gasteiger partial charge is 0.387 e. The van der Waals surface area contributed by atoms with Gasteiger partial charge in [0.25, 0.3) is 0 Å². The van der Waals surface area contributed by atoms with Crippen LogP contribution in [0.15, 0.2) is 48.5 Å². The highest BCUT2D eigenvalue weighted by molar-refractivity contribution is 5.89. The molecular weight excluding hydrogens is 318 g/mol. The molecule has 0 saturated carbocycles. The summed E-state index contributed by atoms with van der Waals surface area (Å²) >= 11 is 0. The maximum absolute atomic E-state index is 12.1. The van der Waals surface area contributed by atoms with Gasteiger partial charge < -0.3 is 14.2 Å². The second-order valence-electron chi connectivity index (χ2n) is 4.86. The van der Waals surface area contributed by atoms with Crippen molar-refractivity contribution in [2.45, 2.75) is 13.5 Å². The summed E-state index contributed by atoms with van der Waals surface area (Å²) in [6, 6.07) is 11.1. The molecule has 0 spiro atoms. The van der Waals surface area contributed by atoms with Gasteiger partial charge in [0.15, 0.2) is 11.5 Å². The first-order valence-electron chi connectivity index (χ1n) is 7.07. The second kappa shape index (κ2) is 8.10. The zero-order valence-corrected chi connectivity index (χ0v) is 13.2. The summed E-state index contributed by atoms with van der Waals surface area (Å²) in [5, 5.41) is 0. The molecular formula is C18H16F2O4. The second-order valence-corrected chi connectivity index (χ2v) is 4.86. The van der Waals surface area contributed by atoms with E-state index >= 15 is 0 Å². The molecule has 0 amide bonds. The monoisotopic (exact) mass is 334 g/mol. The van der Waals surface area contributed by atoms with E-state index in [4.69, 9.17) is 9.47 Å². The molecule has 0 N–H and O–H groups in total. The van der Waals surface area contributed by atoms with Crippen LogP contribution in [0.5, 0.6) is 17.2 Å². The third-order valence-corrected chi connectivity index (χ3v) is 3.05. The third-order valence-electron chi connectivity index (χ3n) is 3.05. The van der Waals surface area contributed by atoms with E-state index in [-0.39, 0.29) is 5.75 Å². The van der Waals surface area contributed by atoms with Crippen LogP contribution in [0.3, 0.4) is 0 Å². The van der Waals surface area contributed by atoms with Gasteiger partial charge in [-0.3, -0.25) is 0 Å². The Morgan fingerprint density at radius 2 is 1.79 bits per heavy atom. The Morgan fingerprint density at radius 3 is 2.42 bits per heavy atom. The van der Waals surface area contributed by atoms with Gasteiger partial charge in [-0.25, -0.2) is 4.79 Å². The molecule has 0 aromatic heterocycles. The first-order chi connectivity index (χ1) is 11.5. The molecule has 4 nitrogen and oxygen atoms in total. The van der Waals surface area contributed by atoms with Crippen LogP contribution in [0.25, 0.3) is 6.08 Å². The minimum atomic E-state index is -2.87. The number of rotatable bonds is 6. The van der Waals surface area contributed by atoms with Gasteiger partial charge in [0.1, 0.15) is 5.75 Å². The lowest BCUT2D eigenvalue weighted by atomic mass is 10.2. The van der Waals surface area contributed by atoms with E-state index in [0.29, 0.717) is 17.1 Å². The lowest BCUT2D eigenvalue weighted by molar-refractivity contribution is -0.129. The number of carbonyl (C=O) groups is 1. The fourth-order valence-electron chi connectivity index (χ4n) is 1.93. The number of halogens is 2. The molecule has 2 aromatic rings. The van der Waals surface area contributed by atoms with Crippen LogP contribution in [0.2, 0.25) is 0 Å². The Labute approximate surface area is 138 Å². The number of hydrogen-bond acceptors (Lipinski definition) is 4. The highest BCUT2D eigenvalue weighted by Crippen LogP contribution is 2.28. The zero-order chi connectivity index (χ0) is 17.5. The van der Waals surface area contributed by atoms with Crippen LogP contribution < -0.4 is 14.2 Å². The number of methoxy groups -OCH3 is 1. The summed E-state index contributed by atoms with van der Waals surface area (Å²) in [7, 11) is 1.49. The summed E-state index contributed by atoms with van der Waals surface area (Å²) in [5.41, 5.74) is 1.62. The average molecular weight is 334 g/mol. The Morgan fingerprint density at radius 1 is 1.08 bits per heavy atom. The van der Waals surface area contributed by atoms with Gasteiger partial charge in [-0.05, 0) is 48.4 Å². The Balaban J connectivity index is 2.00. The van der Waals surface area contributed by atoms with E-state index in [1.165, 1.54) is 31.4 Å². The van der Waals surface area contributed by atoms with Crippen molar-refractivity contribution in [3.05, 3.63) is 59.7 Å². The Hall–Kier alpha value is -2.89. The highest BCUT2D eigenvalue weighted by atomic mass is 19.3. The van der Waals surface area contributed by atoms with Crippen molar-refractivity contribution in [3.63, 3.8) is 0 Å². The van der Waals surface area contributed by atoms with E-state index in [1.807, 2.05) is 6.92 Å². The maximum Gasteiger partial charge on any atom is 0.387 e. The number of ether oxygens (including phenoxy) is 3. The van der Waals surface area contributed by atoms with Gasteiger partial charge >= 0.3 is 12.6 Å². The van der Waals surface area contributed by atoms with Crippen molar-refractivity contribution in [2.24, 2.45) is 0 Å². The zero-order valence-electron chi connectivity index (χ0n) is 13.2. The van der Waals surface area contributed by atoms with Crippen molar-refractivity contribution < 1.29 is 27.8 Å². The van der Waals surface area contributed by atoms with Crippen LogP contribution in [0.1, 0.15) is 11.1 Å². The Bertz CT molecular complexity index is 724. The molecule has 0 aliphatic heterocycles. The maximum atomic E-state index is 12.1. The molecule has 0 saturated heterocycles. The van der Waals surface area contributed by atoms with Crippen LogP contribution in [0.4, 0.5) is 8.78 Å². The number of hydrogen-bond donors (Lipinski definition) is 0. The molecule has 0 fully saturated rings. The van der Waals surface area contributed by atoms with Gasteiger partial charge in [-0.2, -0.15) is 8.78 Å². The summed E-state index contributed by atoms with van der Waals surface area (Å²) in [6.07, 6.45) is 2.75. The molecule has 24 heavy (non-hydrogen) atoms. The average Bonchev–Trinajstić information content (AvgIpc) is 2.55. The standard InChI is InChI=1S/C18H16F2O4/c1-12-3-9-15(16(11-12)22-2)24-17(21)10-6-13-4-7-14(8-5-13)23-18(19)20/h3-11,18H,1-2H3/b10-6+. The van der Waals surface area contributed by atoms with E-state index in [9.17, 15) is 13.6 Å². The molecule has 126 valence electrons. The van der Waals surface area contributed by atoms with Crippen LogP contribution >= 0.6 is 0 Å². The number of benzene rings is 2. The molecule has 2 rings (SSSR count). The van der Waals surface area contributed by atoms with Crippen molar-refractivity contribution >= 4 is 12.0 Å². The quantitative estimate of drug-likeness (QED) is 0.451. The van der Waals surface area contributed by atoms with Crippen molar-refractivity contribution in [1.82, 2.24) is 0 Å². The first kappa shape index (κ1) is 17.5. The van der Waals surface area contributed by atoms with Gasteiger partial charge in [-0.1, -0.05) is 18.2 Å². The van der Waals surface area contributed by atoms with E-state index < -0.39 is 12.6 Å². The number of aryl methyl sites for hydroxylation is 1. The largest absolute Gasteiger partial charge is 0.493 e. The fourth-order valence-corrected chi connectivity index (χ4v) is 1.93. The molecule has 2 aromatic carbocycles. The Kier molecular flexibility index (Phi) is 5.89. The fraction of sp³-hybridized carbons (Fsp3) is 0.167. The summed E-state index contributed by atoms with van der Waals surface area (Å²) in [4.78, 5) is 11.9. The third kappa shape index (κ3) is 5.08. The molecule has 0 aliphatic rings. The number of carbonyl (C=O) groups excluding carboxylic acids is 1.